The van der Waals surface area contributed by atoms with Crippen LogP contribution in [0, 0.1) is 5.92 Å². The molecule has 4 heteroatoms. The second-order valence-corrected chi connectivity index (χ2v) is 8.50. The van der Waals surface area contributed by atoms with E-state index in [4.69, 9.17) is 5.11 Å². The van der Waals surface area contributed by atoms with E-state index in [0.717, 1.165) is 19.3 Å². The Hall–Kier alpha value is -1.32. The first-order valence-corrected chi connectivity index (χ1v) is 12.7. The maximum absolute atomic E-state index is 12.5. The molecule has 1 amide bonds. The molecule has 0 rings (SSSR count). The Morgan fingerprint density at radius 3 is 1.63 bits per heavy atom. The normalized spacial score (nSPS) is 12.4. The van der Waals surface area contributed by atoms with Crippen molar-refractivity contribution >= 4 is 11.9 Å². The number of carbonyl (C=O) groups excluding carboxylic acids is 1. The third kappa shape index (κ3) is 16.5. The molecule has 0 fully saturated rings. The minimum absolute atomic E-state index is 0.0137. The molecule has 0 aromatic carbocycles. The van der Waals surface area contributed by atoms with Crippen molar-refractivity contribution in [2.24, 2.45) is 5.92 Å². The first-order valence-electron chi connectivity index (χ1n) is 12.7. The summed E-state index contributed by atoms with van der Waals surface area (Å²) < 4.78 is 0. The fourth-order valence-electron chi connectivity index (χ4n) is 4.02. The number of aliphatic carboxylic acids is 1. The van der Waals surface area contributed by atoms with Gasteiger partial charge in [-0.2, -0.15) is 0 Å². The number of nitrogens with zero attached hydrogens (tertiary/aromatic N) is 1. The lowest BCUT2D eigenvalue weighted by Crippen LogP contribution is -2.36. The Morgan fingerprint density at radius 2 is 1.20 bits per heavy atom. The highest BCUT2D eigenvalue weighted by molar-refractivity contribution is 5.83. The summed E-state index contributed by atoms with van der Waals surface area (Å²) in [6.07, 6.45) is 23.0. The average molecular weight is 424 g/mol. The van der Waals surface area contributed by atoms with Gasteiger partial charge in [-0.15, -0.1) is 0 Å². The minimum Gasteiger partial charge on any atom is -0.481 e. The van der Waals surface area contributed by atoms with Gasteiger partial charge in [0.05, 0.1) is 6.42 Å². The molecular weight excluding hydrogens is 374 g/mol. The lowest BCUT2D eigenvalue weighted by molar-refractivity contribution is -0.144. The Morgan fingerprint density at radius 1 is 0.733 bits per heavy atom. The molecular formula is C26H49NO3. The molecule has 4 nitrogen and oxygen atoms in total. The first-order chi connectivity index (χ1) is 14.6. The van der Waals surface area contributed by atoms with Gasteiger partial charge in [0.2, 0.25) is 5.91 Å². The smallest absolute Gasteiger partial charge is 0.304 e. The number of carbonyl (C=O) groups is 2. The van der Waals surface area contributed by atoms with Gasteiger partial charge in [0.1, 0.15) is 0 Å². The van der Waals surface area contributed by atoms with E-state index in [9.17, 15) is 9.59 Å². The molecule has 1 unspecified atom stereocenters. The lowest BCUT2D eigenvalue weighted by Gasteiger charge is -2.24. The van der Waals surface area contributed by atoms with Crippen LogP contribution in [0.3, 0.4) is 0 Å². The summed E-state index contributed by atoms with van der Waals surface area (Å²) in [6, 6.07) is 0. The van der Waals surface area contributed by atoms with E-state index in [1.807, 2.05) is 13.8 Å². The fraction of sp³-hybridized carbons (Fsp3) is 0.846. The third-order valence-corrected chi connectivity index (χ3v) is 5.92. The monoisotopic (exact) mass is 423 g/mol. The van der Waals surface area contributed by atoms with Crippen LogP contribution in [0.1, 0.15) is 124 Å². The van der Waals surface area contributed by atoms with E-state index < -0.39 is 5.97 Å². The summed E-state index contributed by atoms with van der Waals surface area (Å²) in [4.78, 5) is 25.4. The summed E-state index contributed by atoms with van der Waals surface area (Å²) >= 11 is 0. The molecule has 0 heterocycles. The number of carboxylic acids is 1. The van der Waals surface area contributed by atoms with Gasteiger partial charge in [0.15, 0.2) is 0 Å². The van der Waals surface area contributed by atoms with Crippen LogP contribution in [0.5, 0.6) is 0 Å². The van der Waals surface area contributed by atoms with Gasteiger partial charge >= 0.3 is 5.97 Å². The van der Waals surface area contributed by atoms with Crippen molar-refractivity contribution in [2.75, 3.05) is 13.1 Å². The molecule has 1 N–H and O–H groups in total. The molecule has 0 aliphatic rings. The van der Waals surface area contributed by atoms with Crippen LogP contribution in [-0.4, -0.2) is 35.0 Å². The Balaban J connectivity index is 3.64. The van der Waals surface area contributed by atoms with Gasteiger partial charge in [-0.25, -0.2) is 0 Å². The summed E-state index contributed by atoms with van der Waals surface area (Å²) in [5, 5.41) is 9.12. The largest absolute Gasteiger partial charge is 0.481 e. The van der Waals surface area contributed by atoms with Crippen molar-refractivity contribution in [3.8, 4) is 0 Å². The van der Waals surface area contributed by atoms with Crippen LogP contribution in [0.25, 0.3) is 0 Å². The minimum atomic E-state index is -0.867. The SMILES string of the molecule is CC/C=C/CCCCCCCCCCCCCCC(CC(=O)O)C(=O)N(CC)CC. The van der Waals surface area contributed by atoms with E-state index >= 15 is 0 Å². The highest BCUT2D eigenvalue weighted by Crippen LogP contribution is 2.19. The molecule has 0 aromatic rings. The van der Waals surface area contributed by atoms with Crippen LogP contribution >= 0.6 is 0 Å². The summed E-state index contributed by atoms with van der Waals surface area (Å²) in [5.74, 6) is -1.21. The average Bonchev–Trinajstić information content (AvgIpc) is 2.73. The summed E-state index contributed by atoms with van der Waals surface area (Å²) in [7, 11) is 0. The number of unbranched alkanes of at least 4 members (excludes halogenated alkanes) is 12. The molecule has 1 atom stereocenters. The Kier molecular flexibility index (Phi) is 20.0. The van der Waals surface area contributed by atoms with Crippen LogP contribution in [0.15, 0.2) is 12.2 Å². The van der Waals surface area contributed by atoms with Crippen molar-refractivity contribution in [3.05, 3.63) is 12.2 Å². The van der Waals surface area contributed by atoms with Gasteiger partial charge in [0, 0.05) is 19.0 Å². The molecule has 0 aromatic heterocycles. The molecule has 0 radical (unpaired) electrons. The van der Waals surface area contributed by atoms with E-state index in [2.05, 4.69) is 19.1 Å². The highest BCUT2D eigenvalue weighted by atomic mass is 16.4. The fourth-order valence-corrected chi connectivity index (χ4v) is 4.02. The maximum Gasteiger partial charge on any atom is 0.304 e. The third-order valence-electron chi connectivity index (χ3n) is 5.92. The molecule has 0 spiro atoms. The van der Waals surface area contributed by atoms with Gasteiger partial charge in [-0.05, 0) is 39.5 Å². The molecule has 0 aliphatic heterocycles. The predicted octanol–water partition coefficient (Wildman–Crippen LogP) is 7.37. The molecule has 0 bridgehead atoms. The first kappa shape index (κ1) is 28.7. The highest BCUT2D eigenvalue weighted by Gasteiger charge is 2.24. The van der Waals surface area contributed by atoms with Crippen molar-refractivity contribution in [1.82, 2.24) is 4.90 Å². The van der Waals surface area contributed by atoms with E-state index in [0.29, 0.717) is 19.5 Å². The van der Waals surface area contributed by atoms with Crippen molar-refractivity contribution in [1.29, 1.82) is 0 Å². The number of carboxylic acid groups (broad SMARTS) is 1. The molecule has 30 heavy (non-hydrogen) atoms. The number of amides is 1. The van der Waals surface area contributed by atoms with Gasteiger partial charge in [-0.3, -0.25) is 9.59 Å². The molecule has 0 saturated carbocycles. The van der Waals surface area contributed by atoms with Gasteiger partial charge in [-0.1, -0.05) is 89.7 Å². The summed E-state index contributed by atoms with van der Waals surface area (Å²) in [6.45, 7) is 7.39. The quantitative estimate of drug-likeness (QED) is 0.155. The van der Waals surface area contributed by atoms with Gasteiger partial charge < -0.3 is 10.0 Å². The van der Waals surface area contributed by atoms with Crippen LogP contribution in [0.4, 0.5) is 0 Å². The number of rotatable bonds is 21. The zero-order chi connectivity index (χ0) is 22.5. The van der Waals surface area contributed by atoms with E-state index in [1.165, 1.54) is 70.6 Å². The standard InChI is InChI=1S/C26H49NO3/c1-4-7-8-9-10-11-12-13-14-15-16-17-18-19-20-21-22-24(23-25(28)29)26(30)27(5-2)6-3/h7-8,24H,4-6,9-23H2,1-3H3,(H,28,29)/b8-7+. The van der Waals surface area contributed by atoms with Crippen LogP contribution in [-0.2, 0) is 9.59 Å². The molecule has 176 valence electrons. The zero-order valence-electron chi connectivity index (χ0n) is 20.2. The number of allylic oxidation sites excluding steroid dienone is 2. The second-order valence-electron chi connectivity index (χ2n) is 8.50. The number of hydrogen-bond donors (Lipinski definition) is 1. The van der Waals surface area contributed by atoms with Crippen LogP contribution in [0.2, 0.25) is 0 Å². The van der Waals surface area contributed by atoms with Crippen molar-refractivity contribution < 1.29 is 14.7 Å². The Bertz CT molecular complexity index is 444. The van der Waals surface area contributed by atoms with E-state index in [-0.39, 0.29) is 18.2 Å². The van der Waals surface area contributed by atoms with E-state index in [1.54, 1.807) is 4.90 Å². The zero-order valence-corrected chi connectivity index (χ0v) is 20.2. The predicted molar refractivity (Wildman–Crippen MR) is 128 cm³/mol. The topological polar surface area (TPSA) is 57.6 Å². The molecule has 0 saturated heterocycles. The van der Waals surface area contributed by atoms with Crippen molar-refractivity contribution in [3.63, 3.8) is 0 Å². The lowest BCUT2D eigenvalue weighted by atomic mass is 9.95. The number of hydrogen-bond acceptors (Lipinski definition) is 2. The van der Waals surface area contributed by atoms with Crippen LogP contribution < -0.4 is 0 Å². The van der Waals surface area contributed by atoms with Gasteiger partial charge in [0.25, 0.3) is 0 Å². The maximum atomic E-state index is 12.5. The second kappa shape index (κ2) is 20.9. The molecule has 0 aliphatic carbocycles. The Labute approximate surface area is 186 Å². The van der Waals surface area contributed by atoms with Crippen molar-refractivity contribution in [2.45, 2.75) is 124 Å². The summed E-state index contributed by atoms with van der Waals surface area (Å²) in [5.41, 5.74) is 0.